The summed E-state index contributed by atoms with van der Waals surface area (Å²) in [6.07, 6.45) is 2.67. The molecule has 2 N–H and O–H groups in total. The molecule has 0 saturated carbocycles. The van der Waals surface area contributed by atoms with Crippen LogP contribution in [0.25, 0.3) is 0 Å². The molecule has 0 spiro atoms. The average Bonchev–Trinajstić information content (AvgIpc) is 2.88. The predicted octanol–water partition coefficient (Wildman–Crippen LogP) is 2.34. The Kier molecular flexibility index (Phi) is 4.04. The monoisotopic (exact) mass is 248 g/mol. The second kappa shape index (κ2) is 5.73. The molecule has 96 valence electrons. The lowest BCUT2D eigenvalue weighted by Crippen LogP contribution is -2.24. The van der Waals surface area contributed by atoms with Crippen LogP contribution in [0, 0.1) is 12.7 Å². The van der Waals surface area contributed by atoms with Gasteiger partial charge >= 0.3 is 0 Å². The summed E-state index contributed by atoms with van der Waals surface area (Å²) in [5, 5.41) is 13.9. The van der Waals surface area contributed by atoms with E-state index < -0.39 is 0 Å². The number of aryl methyl sites for hydroxylation is 1. The normalized spacial score (nSPS) is 12.6. The molecule has 0 fully saturated rings. The first-order valence-electron chi connectivity index (χ1n) is 6.07. The van der Waals surface area contributed by atoms with Crippen molar-refractivity contribution in [1.82, 2.24) is 20.7 Å². The van der Waals surface area contributed by atoms with Crippen molar-refractivity contribution in [3.63, 3.8) is 0 Å². The topological polar surface area (TPSA) is 53.6 Å². The Hall–Kier alpha value is -1.75. The van der Waals surface area contributed by atoms with Crippen LogP contribution in [0.1, 0.15) is 36.2 Å². The summed E-state index contributed by atoms with van der Waals surface area (Å²) >= 11 is 0. The van der Waals surface area contributed by atoms with E-state index in [-0.39, 0.29) is 11.9 Å². The van der Waals surface area contributed by atoms with Gasteiger partial charge in [0.1, 0.15) is 11.5 Å². The number of hydrogen-bond donors (Lipinski definition) is 2. The molecule has 1 aromatic carbocycles. The lowest BCUT2D eigenvalue weighted by atomic mass is 9.99. The van der Waals surface area contributed by atoms with Gasteiger partial charge in [-0.15, -0.1) is 0 Å². The van der Waals surface area contributed by atoms with Crippen LogP contribution >= 0.6 is 0 Å². The van der Waals surface area contributed by atoms with Gasteiger partial charge in [-0.1, -0.05) is 13.0 Å². The number of rotatable bonds is 5. The van der Waals surface area contributed by atoms with Gasteiger partial charge in [0.25, 0.3) is 0 Å². The minimum absolute atomic E-state index is 0.126. The fourth-order valence-corrected chi connectivity index (χ4v) is 1.93. The molecular weight excluding hydrogens is 231 g/mol. The molecule has 0 amide bonds. The first kappa shape index (κ1) is 12.7. The SMILES string of the molecule is CCCNC(c1cn[nH]n1)c1cc(F)ccc1C. The molecule has 0 aliphatic heterocycles. The Morgan fingerprint density at radius 3 is 2.94 bits per heavy atom. The highest BCUT2D eigenvalue weighted by Crippen LogP contribution is 2.23. The molecule has 0 aliphatic rings. The summed E-state index contributed by atoms with van der Waals surface area (Å²) in [6, 6.07) is 4.68. The first-order chi connectivity index (χ1) is 8.72. The third-order valence-electron chi connectivity index (χ3n) is 2.88. The first-order valence-corrected chi connectivity index (χ1v) is 6.07. The van der Waals surface area contributed by atoms with Crippen molar-refractivity contribution in [2.75, 3.05) is 6.54 Å². The number of halogens is 1. The van der Waals surface area contributed by atoms with Crippen molar-refractivity contribution < 1.29 is 4.39 Å². The van der Waals surface area contributed by atoms with Crippen LogP contribution in [0.4, 0.5) is 4.39 Å². The minimum Gasteiger partial charge on any atom is -0.305 e. The third kappa shape index (κ3) is 2.73. The molecule has 1 unspecified atom stereocenters. The van der Waals surface area contributed by atoms with Gasteiger partial charge in [0.15, 0.2) is 0 Å². The maximum atomic E-state index is 13.4. The van der Waals surface area contributed by atoms with E-state index in [2.05, 4.69) is 27.7 Å². The minimum atomic E-state index is -0.234. The summed E-state index contributed by atoms with van der Waals surface area (Å²) in [5.41, 5.74) is 2.71. The van der Waals surface area contributed by atoms with Gasteiger partial charge in [0, 0.05) is 0 Å². The van der Waals surface area contributed by atoms with Crippen molar-refractivity contribution >= 4 is 0 Å². The second-order valence-electron chi connectivity index (χ2n) is 4.28. The number of nitrogens with zero attached hydrogens (tertiary/aromatic N) is 2. The Morgan fingerprint density at radius 2 is 2.28 bits per heavy atom. The number of aromatic amines is 1. The number of benzene rings is 1. The van der Waals surface area contributed by atoms with Crippen LogP contribution in [0.5, 0.6) is 0 Å². The van der Waals surface area contributed by atoms with Crippen LogP contribution in [-0.4, -0.2) is 22.0 Å². The van der Waals surface area contributed by atoms with Crippen molar-refractivity contribution in [2.24, 2.45) is 0 Å². The van der Waals surface area contributed by atoms with Crippen molar-refractivity contribution in [1.29, 1.82) is 0 Å². The lowest BCUT2D eigenvalue weighted by Gasteiger charge is -2.18. The van der Waals surface area contributed by atoms with E-state index in [1.54, 1.807) is 18.3 Å². The van der Waals surface area contributed by atoms with E-state index in [4.69, 9.17) is 0 Å². The van der Waals surface area contributed by atoms with Crippen molar-refractivity contribution in [3.8, 4) is 0 Å². The summed E-state index contributed by atoms with van der Waals surface area (Å²) < 4.78 is 13.4. The van der Waals surface area contributed by atoms with Crippen LogP contribution in [0.3, 0.4) is 0 Å². The van der Waals surface area contributed by atoms with Crippen molar-refractivity contribution in [3.05, 3.63) is 47.0 Å². The molecule has 1 atom stereocenters. The fraction of sp³-hybridized carbons (Fsp3) is 0.385. The molecule has 2 aromatic rings. The maximum Gasteiger partial charge on any atom is 0.123 e. The summed E-state index contributed by atoms with van der Waals surface area (Å²) in [4.78, 5) is 0. The van der Waals surface area contributed by atoms with Gasteiger partial charge in [0.2, 0.25) is 0 Å². The largest absolute Gasteiger partial charge is 0.305 e. The van der Waals surface area contributed by atoms with Gasteiger partial charge in [-0.25, -0.2) is 4.39 Å². The molecule has 0 radical (unpaired) electrons. The highest BCUT2D eigenvalue weighted by Gasteiger charge is 2.18. The zero-order chi connectivity index (χ0) is 13.0. The van der Waals surface area contributed by atoms with Crippen molar-refractivity contribution in [2.45, 2.75) is 26.3 Å². The van der Waals surface area contributed by atoms with Crippen LogP contribution < -0.4 is 5.32 Å². The van der Waals surface area contributed by atoms with Crippen LogP contribution in [0.2, 0.25) is 0 Å². The van der Waals surface area contributed by atoms with Gasteiger partial charge in [-0.3, -0.25) is 0 Å². The van der Waals surface area contributed by atoms with Gasteiger partial charge in [-0.05, 0) is 43.1 Å². The van der Waals surface area contributed by atoms with E-state index in [9.17, 15) is 4.39 Å². The molecule has 4 nitrogen and oxygen atoms in total. The molecule has 1 aromatic heterocycles. The molecule has 0 aliphatic carbocycles. The molecule has 1 heterocycles. The van der Waals surface area contributed by atoms with E-state index in [0.29, 0.717) is 0 Å². The fourth-order valence-electron chi connectivity index (χ4n) is 1.93. The Labute approximate surface area is 106 Å². The summed E-state index contributed by atoms with van der Waals surface area (Å²) in [5.74, 6) is -0.234. The average molecular weight is 248 g/mol. The van der Waals surface area contributed by atoms with E-state index >= 15 is 0 Å². The highest BCUT2D eigenvalue weighted by atomic mass is 19.1. The molecular formula is C13H17FN4. The van der Waals surface area contributed by atoms with E-state index in [1.807, 2.05) is 6.92 Å². The Morgan fingerprint density at radius 1 is 1.44 bits per heavy atom. The Balaban J connectivity index is 2.36. The third-order valence-corrected chi connectivity index (χ3v) is 2.88. The van der Waals surface area contributed by atoms with Crippen LogP contribution in [0.15, 0.2) is 24.4 Å². The molecule has 0 bridgehead atoms. The van der Waals surface area contributed by atoms with Crippen LogP contribution in [-0.2, 0) is 0 Å². The summed E-state index contributed by atoms with van der Waals surface area (Å²) in [6.45, 7) is 4.90. The zero-order valence-electron chi connectivity index (χ0n) is 10.6. The van der Waals surface area contributed by atoms with Gasteiger partial charge in [0.05, 0.1) is 12.2 Å². The number of H-pyrrole nitrogens is 1. The molecule has 0 saturated heterocycles. The van der Waals surface area contributed by atoms with E-state index in [1.165, 1.54) is 6.07 Å². The smallest absolute Gasteiger partial charge is 0.123 e. The summed E-state index contributed by atoms with van der Waals surface area (Å²) in [7, 11) is 0. The van der Waals surface area contributed by atoms with E-state index in [0.717, 1.165) is 29.8 Å². The molecule has 18 heavy (non-hydrogen) atoms. The number of nitrogens with one attached hydrogen (secondary N) is 2. The lowest BCUT2D eigenvalue weighted by molar-refractivity contribution is 0.572. The Bertz CT molecular complexity index is 496. The zero-order valence-corrected chi connectivity index (χ0v) is 10.6. The maximum absolute atomic E-state index is 13.4. The molecule has 2 rings (SSSR count). The molecule has 5 heteroatoms. The number of hydrogen-bond acceptors (Lipinski definition) is 3. The van der Waals surface area contributed by atoms with Gasteiger partial charge < -0.3 is 5.32 Å². The van der Waals surface area contributed by atoms with Gasteiger partial charge in [-0.2, -0.15) is 15.4 Å². The second-order valence-corrected chi connectivity index (χ2v) is 4.28. The highest BCUT2D eigenvalue weighted by molar-refractivity contribution is 5.34. The number of aromatic nitrogens is 3. The quantitative estimate of drug-likeness (QED) is 0.854. The standard InChI is InChI=1S/C13H17FN4/c1-3-6-15-13(12-8-16-18-17-12)11-7-10(14)5-4-9(11)2/h4-5,7-8,13,15H,3,6H2,1-2H3,(H,16,17,18). The predicted molar refractivity (Wildman–Crippen MR) is 67.7 cm³/mol.